The van der Waals surface area contributed by atoms with E-state index in [2.05, 4.69) is 5.32 Å². The van der Waals surface area contributed by atoms with Crippen molar-refractivity contribution in [2.75, 3.05) is 13.1 Å². The Morgan fingerprint density at radius 3 is 2.54 bits per heavy atom. The fraction of sp³-hybridized carbons (Fsp3) is 0.571. The highest BCUT2D eigenvalue weighted by molar-refractivity contribution is 5.91. The standard InChI is InChI=1S/C21H29N3O4/c1-3-23(13-20(26)27)17-10-16(11-17)22-21(28)18-8-9-19(25)24(18)12-15-6-4-14(2)5-7-15/h4-7,16-18H,3,8-13H2,1-2H3,(H,22,28)(H,26,27). The smallest absolute Gasteiger partial charge is 0.317 e. The first-order valence-electron chi connectivity index (χ1n) is 9.98. The Morgan fingerprint density at radius 1 is 1.25 bits per heavy atom. The van der Waals surface area contributed by atoms with Gasteiger partial charge in [-0.25, -0.2) is 0 Å². The molecule has 7 heteroatoms. The molecule has 0 radical (unpaired) electrons. The van der Waals surface area contributed by atoms with Crippen molar-refractivity contribution in [1.29, 1.82) is 0 Å². The molecule has 1 aromatic rings. The van der Waals surface area contributed by atoms with E-state index in [0.29, 0.717) is 25.9 Å². The lowest BCUT2D eigenvalue weighted by Gasteiger charge is -2.42. The third-order valence-corrected chi connectivity index (χ3v) is 5.82. The number of carboxylic acid groups (broad SMARTS) is 1. The first-order chi connectivity index (χ1) is 13.4. The molecule has 2 fully saturated rings. The molecule has 1 aromatic carbocycles. The van der Waals surface area contributed by atoms with Crippen molar-refractivity contribution < 1.29 is 19.5 Å². The number of carbonyl (C=O) groups is 3. The second-order valence-electron chi connectivity index (χ2n) is 7.85. The highest BCUT2D eigenvalue weighted by atomic mass is 16.4. The van der Waals surface area contributed by atoms with Gasteiger partial charge in [0.15, 0.2) is 0 Å². The molecule has 1 heterocycles. The Labute approximate surface area is 165 Å². The highest BCUT2D eigenvalue weighted by Crippen LogP contribution is 2.27. The molecule has 2 amide bonds. The number of nitrogens with one attached hydrogen (secondary N) is 1. The molecular formula is C21H29N3O4. The lowest BCUT2D eigenvalue weighted by molar-refractivity contribution is -0.140. The van der Waals surface area contributed by atoms with Crippen molar-refractivity contribution in [3.8, 4) is 0 Å². The summed E-state index contributed by atoms with van der Waals surface area (Å²) in [6.45, 7) is 5.13. The number of carbonyl (C=O) groups excluding carboxylic acids is 2. The van der Waals surface area contributed by atoms with Crippen molar-refractivity contribution in [3.63, 3.8) is 0 Å². The molecule has 1 saturated heterocycles. The summed E-state index contributed by atoms with van der Waals surface area (Å²) >= 11 is 0. The van der Waals surface area contributed by atoms with Gasteiger partial charge in [0.2, 0.25) is 11.8 Å². The van der Waals surface area contributed by atoms with E-state index in [9.17, 15) is 14.4 Å². The molecule has 3 rings (SSSR count). The summed E-state index contributed by atoms with van der Waals surface area (Å²) in [4.78, 5) is 39.6. The van der Waals surface area contributed by atoms with Crippen molar-refractivity contribution >= 4 is 17.8 Å². The van der Waals surface area contributed by atoms with E-state index < -0.39 is 12.0 Å². The molecule has 2 aliphatic rings. The van der Waals surface area contributed by atoms with Gasteiger partial charge in [0.25, 0.3) is 0 Å². The van der Waals surface area contributed by atoms with Gasteiger partial charge in [-0.3, -0.25) is 19.3 Å². The number of carboxylic acids is 1. The predicted octanol–water partition coefficient (Wildman–Crippen LogP) is 1.54. The average Bonchev–Trinajstić information content (AvgIpc) is 2.98. The van der Waals surface area contributed by atoms with Crippen molar-refractivity contribution in [2.45, 2.75) is 64.2 Å². The third-order valence-electron chi connectivity index (χ3n) is 5.82. The minimum Gasteiger partial charge on any atom is -0.480 e. The Hall–Kier alpha value is -2.41. The van der Waals surface area contributed by atoms with Crippen LogP contribution in [0.5, 0.6) is 0 Å². The number of nitrogens with zero attached hydrogens (tertiary/aromatic N) is 2. The van der Waals surface area contributed by atoms with E-state index in [1.54, 1.807) is 4.90 Å². The van der Waals surface area contributed by atoms with Crippen LogP contribution in [-0.2, 0) is 20.9 Å². The van der Waals surface area contributed by atoms with Crippen molar-refractivity contribution in [1.82, 2.24) is 15.1 Å². The minimum atomic E-state index is -0.828. The van der Waals surface area contributed by atoms with Crippen LogP contribution in [0.25, 0.3) is 0 Å². The van der Waals surface area contributed by atoms with Crippen molar-refractivity contribution in [2.24, 2.45) is 0 Å². The molecule has 1 saturated carbocycles. The second kappa shape index (κ2) is 8.73. The zero-order valence-electron chi connectivity index (χ0n) is 16.6. The van der Waals surface area contributed by atoms with Crippen LogP contribution in [0.4, 0.5) is 0 Å². The summed E-state index contributed by atoms with van der Waals surface area (Å²) in [5.74, 6) is -0.904. The Balaban J connectivity index is 1.53. The van der Waals surface area contributed by atoms with Crippen LogP contribution in [0.3, 0.4) is 0 Å². The molecular weight excluding hydrogens is 358 g/mol. The van der Waals surface area contributed by atoms with E-state index in [0.717, 1.165) is 24.0 Å². The zero-order chi connectivity index (χ0) is 20.3. The van der Waals surface area contributed by atoms with Gasteiger partial charge in [0.05, 0.1) is 6.54 Å². The SMILES string of the molecule is CCN(CC(=O)O)C1CC(NC(=O)C2CCC(=O)N2Cc2ccc(C)cc2)C1. The number of likely N-dealkylation sites (tertiary alicyclic amines) is 1. The van der Waals surface area contributed by atoms with Crippen LogP contribution in [0.15, 0.2) is 24.3 Å². The molecule has 2 N–H and O–H groups in total. The van der Waals surface area contributed by atoms with Crippen LogP contribution in [-0.4, -0.2) is 63.9 Å². The summed E-state index contributed by atoms with van der Waals surface area (Å²) in [5.41, 5.74) is 2.18. The number of amides is 2. The Bertz CT molecular complexity index is 728. The summed E-state index contributed by atoms with van der Waals surface area (Å²) in [6.07, 6.45) is 2.46. The number of aliphatic carboxylic acids is 1. The number of rotatable bonds is 8. The van der Waals surface area contributed by atoms with Gasteiger partial charge in [0, 0.05) is 25.0 Å². The molecule has 152 valence electrons. The molecule has 0 aromatic heterocycles. The Morgan fingerprint density at radius 2 is 1.93 bits per heavy atom. The highest BCUT2D eigenvalue weighted by Gasteiger charge is 2.40. The summed E-state index contributed by atoms with van der Waals surface area (Å²) in [5, 5.41) is 12.0. The first-order valence-corrected chi connectivity index (χ1v) is 9.98. The van der Waals surface area contributed by atoms with Crippen LogP contribution < -0.4 is 5.32 Å². The van der Waals surface area contributed by atoms with Crippen LogP contribution in [0, 0.1) is 6.92 Å². The number of likely N-dealkylation sites (N-methyl/N-ethyl adjacent to an activating group) is 1. The molecule has 1 atom stereocenters. The average molecular weight is 387 g/mol. The fourth-order valence-corrected chi connectivity index (χ4v) is 4.07. The summed E-state index contributed by atoms with van der Waals surface area (Å²) < 4.78 is 0. The van der Waals surface area contributed by atoms with Gasteiger partial charge in [-0.1, -0.05) is 36.8 Å². The quantitative estimate of drug-likeness (QED) is 0.706. The lowest BCUT2D eigenvalue weighted by Crippen LogP contribution is -2.57. The first kappa shape index (κ1) is 20.3. The monoisotopic (exact) mass is 387 g/mol. The largest absolute Gasteiger partial charge is 0.480 e. The van der Waals surface area contributed by atoms with E-state index in [1.807, 2.05) is 43.0 Å². The summed E-state index contributed by atoms with van der Waals surface area (Å²) in [7, 11) is 0. The normalized spacial score (nSPS) is 24.3. The molecule has 7 nitrogen and oxygen atoms in total. The fourth-order valence-electron chi connectivity index (χ4n) is 4.07. The van der Waals surface area contributed by atoms with E-state index >= 15 is 0 Å². The third kappa shape index (κ3) is 4.70. The minimum absolute atomic E-state index is 0.0193. The van der Waals surface area contributed by atoms with Gasteiger partial charge < -0.3 is 15.3 Å². The van der Waals surface area contributed by atoms with Crippen molar-refractivity contribution in [3.05, 3.63) is 35.4 Å². The maximum absolute atomic E-state index is 12.8. The van der Waals surface area contributed by atoms with Gasteiger partial charge in [-0.05, 0) is 38.3 Å². The number of benzene rings is 1. The molecule has 1 aliphatic heterocycles. The van der Waals surface area contributed by atoms with E-state index in [4.69, 9.17) is 5.11 Å². The predicted molar refractivity (Wildman–Crippen MR) is 105 cm³/mol. The van der Waals surface area contributed by atoms with E-state index in [1.165, 1.54) is 0 Å². The molecule has 0 bridgehead atoms. The van der Waals surface area contributed by atoms with Crippen LogP contribution in [0.1, 0.15) is 43.7 Å². The molecule has 1 unspecified atom stereocenters. The second-order valence-corrected chi connectivity index (χ2v) is 7.85. The van der Waals surface area contributed by atoms with Gasteiger partial charge in [-0.15, -0.1) is 0 Å². The van der Waals surface area contributed by atoms with Gasteiger partial charge in [0.1, 0.15) is 6.04 Å². The maximum Gasteiger partial charge on any atom is 0.317 e. The Kier molecular flexibility index (Phi) is 6.34. The molecule has 1 aliphatic carbocycles. The van der Waals surface area contributed by atoms with Gasteiger partial charge >= 0.3 is 5.97 Å². The maximum atomic E-state index is 12.8. The number of aryl methyl sites for hydroxylation is 1. The summed E-state index contributed by atoms with van der Waals surface area (Å²) in [6, 6.07) is 7.83. The van der Waals surface area contributed by atoms with E-state index in [-0.39, 0.29) is 30.4 Å². The lowest BCUT2D eigenvalue weighted by atomic mass is 9.85. The molecule has 28 heavy (non-hydrogen) atoms. The van der Waals surface area contributed by atoms with Gasteiger partial charge in [-0.2, -0.15) is 0 Å². The topological polar surface area (TPSA) is 90.0 Å². The van der Waals surface area contributed by atoms with Crippen LogP contribution in [0.2, 0.25) is 0 Å². The number of hydrogen-bond donors (Lipinski definition) is 2. The zero-order valence-corrected chi connectivity index (χ0v) is 16.6. The number of hydrogen-bond acceptors (Lipinski definition) is 4. The molecule has 0 spiro atoms. The van der Waals surface area contributed by atoms with Crippen LogP contribution >= 0.6 is 0 Å².